The molecule has 1 aromatic carbocycles. The lowest BCUT2D eigenvalue weighted by molar-refractivity contribution is -0.213. The predicted molar refractivity (Wildman–Crippen MR) is 96.4 cm³/mol. The smallest absolute Gasteiger partial charge is 0.312 e. The number of imidazole rings is 1. The highest BCUT2D eigenvalue weighted by molar-refractivity contribution is 6.28. The number of nitrogens with zero attached hydrogens (tertiary/aromatic N) is 4. The van der Waals surface area contributed by atoms with Gasteiger partial charge < -0.3 is 5.32 Å². The molecule has 0 saturated carbocycles. The quantitative estimate of drug-likeness (QED) is 0.616. The minimum Gasteiger partial charge on any atom is -0.312 e. The number of hydrogen-bond donors (Lipinski definition) is 2. The molecule has 1 atom stereocenters. The van der Waals surface area contributed by atoms with Crippen molar-refractivity contribution in [2.24, 2.45) is 0 Å². The van der Waals surface area contributed by atoms with Gasteiger partial charge in [-0.05, 0) is 54.8 Å². The lowest BCUT2D eigenvalue weighted by atomic mass is 10.1. The third kappa shape index (κ3) is 2.72. The molecule has 12 heteroatoms. The molecule has 2 amide bonds. The van der Waals surface area contributed by atoms with Crippen LogP contribution in [0.4, 0.5) is 19.1 Å². The number of amides is 2. The summed E-state index contributed by atoms with van der Waals surface area (Å²) in [6.07, 6.45) is -4.08. The third-order valence-electron chi connectivity index (χ3n) is 4.72. The molecule has 0 spiro atoms. The van der Waals surface area contributed by atoms with Gasteiger partial charge >= 0.3 is 6.18 Å². The molecule has 1 aliphatic rings. The number of anilines is 1. The van der Waals surface area contributed by atoms with Crippen LogP contribution in [0.1, 0.15) is 21.6 Å². The summed E-state index contributed by atoms with van der Waals surface area (Å²) in [4.78, 5) is 36.4. The van der Waals surface area contributed by atoms with Crippen LogP contribution in [-0.2, 0) is 10.5 Å². The van der Waals surface area contributed by atoms with E-state index in [0.717, 1.165) is 17.8 Å². The summed E-state index contributed by atoms with van der Waals surface area (Å²) < 4.78 is 43.6. The van der Waals surface area contributed by atoms with Gasteiger partial charge in [-0.2, -0.15) is 13.2 Å². The number of alkyl halides is 3. The van der Waals surface area contributed by atoms with Gasteiger partial charge in [-0.15, -0.1) is 0 Å². The summed E-state index contributed by atoms with van der Waals surface area (Å²) in [5.41, 5.74) is -2.03. The van der Waals surface area contributed by atoms with Crippen LogP contribution >= 0.6 is 11.6 Å². The van der Waals surface area contributed by atoms with E-state index in [4.69, 9.17) is 11.6 Å². The first-order valence-electron chi connectivity index (χ1n) is 8.24. The minimum absolute atomic E-state index is 0.0415. The first-order valence-corrected chi connectivity index (χ1v) is 8.62. The number of aryl methyl sites for hydroxylation is 2. The monoisotopic (exact) mass is 424 g/mol. The molecule has 0 aliphatic carbocycles. The van der Waals surface area contributed by atoms with E-state index in [1.54, 1.807) is 25.2 Å². The van der Waals surface area contributed by atoms with Crippen LogP contribution in [-0.4, -0.2) is 37.5 Å². The van der Waals surface area contributed by atoms with E-state index in [-0.39, 0.29) is 22.3 Å². The zero-order valence-corrected chi connectivity index (χ0v) is 15.7. The maximum absolute atomic E-state index is 14.3. The van der Waals surface area contributed by atoms with Gasteiger partial charge in [0.2, 0.25) is 11.2 Å². The van der Waals surface area contributed by atoms with Crippen LogP contribution in [0.25, 0.3) is 11.0 Å². The molecule has 0 bridgehead atoms. The normalized spacial score (nSPS) is 18.6. The maximum Gasteiger partial charge on any atom is 0.440 e. The molecule has 29 heavy (non-hydrogen) atoms. The Labute approximate surface area is 166 Å². The van der Waals surface area contributed by atoms with Gasteiger partial charge in [0.1, 0.15) is 5.69 Å². The minimum atomic E-state index is -5.19. The third-order valence-corrected chi connectivity index (χ3v) is 4.90. The van der Waals surface area contributed by atoms with Crippen molar-refractivity contribution in [1.82, 2.24) is 24.8 Å². The number of benzene rings is 1. The summed E-state index contributed by atoms with van der Waals surface area (Å²) in [6.45, 7) is 3.51. The summed E-state index contributed by atoms with van der Waals surface area (Å²) in [7, 11) is 0. The van der Waals surface area contributed by atoms with Gasteiger partial charge in [-0.3, -0.25) is 19.5 Å². The highest BCUT2D eigenvalue weighted by Gasteiger charge is 2.67. The van der Waals surface area contributed by atoms with E-state index < -0.39 is 29.3 Å². The Balaban J connectivity index is 1.93. The lowest BCUT2D eigenvalue weighted by Crippen LogP contribution is -2.63. The van der Waals surface area contributed by atoms with Crippen molar-refractivity contribution in [1.29, 1.82) is 0 Å². The fourth-order valence-corrected chi connectivity index (χ4v) is 3.33. The van der Waals surface area contributed by atoms with E-state index in [0.29, 0.717) is 10.1 Å². The standard InChI is InChI=1S/C17H12ClF3N6O2/c1-7-5-10-11(6-8(7)2)27-15(24-10)25-13(29)16(27,17(19,20)21)26-12(28)9-3-4-22-14(18)23-9/h3-6H,1-2H3,(H,26,28)(H,24,25,29). The second kappa shape index (κ2) is 6.14. The number of nitrogens with one attached hydrogen (secondary N) is 2. The number of aromatic nitrogens is 4. The van der Waals surface area contributed by atoms with E-state index in [1.807, 2.05) is 0 Å². The summed E-state index contributed by atoms with van der Waals surface area (Å²) in [5, 5.41) is 3.58. The van der Waals surface area contributed by atoms with Gasteiger partial charge in [0, 0.05) is 6.20 Å². The van der Waals surface area contributed by atoms with Gasteiger partial charge in [0.25, 0.3) is 17.5 Å². The van der Waals surface area contributed by atoms with Crippen LogP contribution in [0.3, 0.4) is 0 Å². The summed E-state index contributed by atoms with van der Waals surface area (Å²) in [6, 6.07) is 4.17. The summed E-state index contributed by atoms with van der Waals surface area (Å²) >= 11 is 5.61. The van der Waals surface area contributed by atoms with Crippen LogP contribution in [0.2, 0.25) is 5.28 Å². The van der Waals surface area contributed by atoms with Crippen molar-refractivity contribution >= 4 is 40.4 Å². The Morgan fingerprint density at radius 2 is 1.93 bits per heavy atom. The number of hydrogen-bond acceptors (Lipinski definition) is 5. The highest BCUT2D eigenvalue weighted by atomic mass is 35.5. The molecule has 1 unspecified atom stereocenters. The zero-order chi connectivity index (χ0) is 21.1. The second-order valence-corrected chi connectivity index (χ2v) is 6.86. The van der Waals surface area contributed by atoms with Crippen molar-refractivity contribution in [2.45, 2.75) is 25.7 Å². The summed E-state index contributed by atoms with van der Waals surface area (Å²) in [5.74, 6) is -3.06. The first-order chi connectivity index (χ1) is 13.5. The van der Waals surface area contributed by atoms with E-state index in [1.165, 1.54) is 6.07 Å². The number of fused-ring (bicyclic) bond motifs is 3. The molecule has 2 aromatic heterocycles. The van der Waals surface area contributed by atoms with Gasteiger partial charge in [0.05, 0.1) is 11.0 Å². The molecule has 0 fully saturated rings. The van der Waals surface area contributed by atoms with Crippen molar-refractivity contribution in [3.05, 3.63) is 46.5 Å². The van der Waals surface area contributed by atoms with Crippen LogP contribution in [0.5, 0.6) is 0 Å². The first kappa shape index (κ1) is 19.1. The molecule has 0 radical (unpaired) electrons. The maximum atomic E-state index is 14.3. The topological polar surface area (TPSA) is 102 Å². The van der Waals surface area contributed by atoms with Gasteiger partial charge in [-0.25, -0.2) is 15.0 Å². The Kier molecular flexibility index (Phi) is 4.05. The lowest BCUT2D eigenvalue weighted by Gasteiger charge is -2.31. The Hall–Kier alpha value is -3.21. The number of carbonyl (C=O) groups is 2. The average Bonchev–Trinajstić information content (AvgIpc) is 3.09. The fraction of sp³-hybridized carbons (Fsp3) is 0.235. The molecule has 3 aromatic rings. The van der Waals surface area contributed by atoms with Crippen molar-refractivity contribution < 1.29 is 22.8 Å². The Morgan fingerprint density at radius 3 is 2.59 bits per heavy atom. The highest BCUT2D eigenvalue weighted by Crippen LogP contribution is 2.44. The zero-order valence-electron chi connectivity index (χ0n) is 14.9. The van der Waals surface area contributed by atoms with Crippen LogP contribution < -0.4 is 10.6 Å². The van der Waals surface area contributed by atoms with Crippen molar-refractivity contribution in [3.8, 4) is 0 Å². The molecule has 150 valence electrons. The molecular weight excluding hydrogens is 413 g/mol. The molecule has 8 nitrogen and oxygen atoms in total. The molecule has 4 rings (SSSR count). The fourth-order valence-electron chi connectivity index (χ4n) is 3.18. The SMILES string of the molecule is Cc1cc2nc3n(c2cc1C)C(NC(=O)c1ccnc(Cl)n1)(C(F)(F)F)C(=O)N3. The molecule has 2 N–H and O–H groups in total. The van der Waals surface area contributed by atoms with Gasteiger partial charge in [-0.1, -0.05) is 0 Å². The number of rotatable bonds is 2. The molecule has 0 saturated heterocycles. The number of halogens is 4. The molecular formula is C17H12ClF3N6O2. The van der Waals surface area contributed by atoms with E-state index in [9.17, 15) is 22.8 Å². The van der Waals surface area contributed by atoms with Gasteiger partial charge in [0.15, 0.2) is 0 Å². The molecule has 3 heterocycles. The largest absolute Gasteiger partial charge is 0.440 e. The Morgan fingerprint density at radius 1 is 1.24 bits per heavy atom. The Bertz CT molecular complexity index is 1190. The van der Waals surface area contributed by atoms with Crippen LogP contribution in [0.15, 0.2) is 24.4 Å². The van der Waals surface area contributed by atoms with Crippen molar-refractivity contribution in [2.75, 3.05) is 5.32 Å². The average molecular weight is 425 g/mol. The second-order valence-electron chi connectivity index (χ2n) is 6.52. The van der Waals surface area contributed by atoms with E-state index >= 15 is 0 Å². The van der Waals surface area contributed by atoms with Crippen molar-refractivity contribution in [3.63, 3.8) is 0 Å². The van der Waals surface area contributed by atoms with Crippen LogP contribution in [0, 0.1) is 13.8 Å². The van der Waals surface area contributed by atoms with E-state index in [2.05, 4.69) is 20.3 Å². The number of carbonyl (C=O) groups excluding carboxylic acids is 2. The predicted octanol–water partition coefficient (Wildman–Crippen LogP) is 2.69. The molecule has 1 aliphatic heterocycles.